The van der Waals surface area contributed by atoms with E-state index in [-0.39, 0.29) is 17.3 Å². The average Bonchev–Trinajstić information content (AvgIpc) is 2.60. The van der Waals surface area contributed by atoms with Crippen molar-refractivity contribution in [3.8, 4) is 6.07 Å². The third kappa shape index (κ3) is 3.61. The van der Waals surface area contributed by atoms with Crippen LogP contribution in [0.1, 0.15) is 26.5 Å². The van der Waals surface area contributed by atoms with E-state index in [0.717, 1.165) is 5.69 Å². The number of fused-ring (bicyclic) bond motifs is 1. The van der Waals surface area contributed by atoms with Crippen LogP contribution in [0.15, 0.2) is 23.0 Å². The van der Waals surface area contributed by atoms with E-state index in [4.69, 9.17) is 4.74 Å². The zero-order chi connectivity index (χ0) is 18.9. The highest BCUT2D eigenvalue weighted by Crippen LogP contribution is 2.23. The molecular formula is C18H21N5O3. The molecule has 0 saturated carbocycles. The number of carbonyl (C=O) groups excluding carboxylic acids is 1. The Kier molecular flexibility index (Phi) is 4.55. The molecule has 0 radical (unpaired) electrons. The molecule has 1 aromatic carbocycles. The highest BCUT2D eigenvalue weighted by Gasteiger charge is 2.26. The van der Waals surface area contributed by atoms with Gasteiger partial charge in [-0.15, -0.1) is 0 Å². The van der Waals surface area contributed by atoms with Crippen LogP contribution in [-0.4, -0.2) is 53.0 Å². The maximum Gasteiger partial charge on any atom is 0.410 e. The van der Waals surface area contributed by atoms with Gasteiger partial charge in [0.2, 0.25) is 0 Å². The van der Waals surface area contributed by atoms with Crippen molar-refractivity contribution in [1.29, 1.82) is 5.26 Å². The summed E-state index contributed by atoms with van der Waals surface area (Å²) in [6, 6.07) is 7.36. The van der Waals surface area contributed by atoms with Crippen molar-refractivity contribution in [3.63, 3.8) is 0 Å². The molecule has 2 heterocycles. The third-order valence-corrected chi connectivity index (χ3v) is 4.17. The van der Waals surface area contributed by atoms with Gasteiger partial charge in [0.15, 0.2) is 5.69 Å². The second-order valence-electron chi connectivity index (χ2n) is 7.20. The van der Waals surface area contributed by atoms with Gasteiger partial charge in [0.1, 0.15) is 11.7 Å². The van der Waals surface area contributed by atoms with Crippen LogP contribution < -0.4 is 10.5 Å². The molecule has 0 aliphatic carbocycles. The minimum Gasteiger partial charge on any atom is -0.444 e. The lowest BCUT2D eigenvalue weighted by molar-refractivity contribution is 0.0240. The van der Waals surface area contributed by atoms with Crippen LogP contribution in [0, 0.1) is 11.3 Å². The lowest BCUT2D eigenvalue weighted by Gasteiger charge is -2.36. The Balaban J connectivity index is 1.77. The van der Waals surface area contributed by atoms with Gasteiger partial charge in [-0.05, 0) is 39.0 Å². The first-order chi connectivity index (χ1) is 12.3. The second-order valence-corrected chi connectivity index (χ2v) is 7.20. The molecule has 136 valence electrons. The zero-order valence-corrected chi connectivity index (χ0v) is 15.1. The number of nitrogens with one attached hydrogen (secondary N) is 1. The number of ether oxygens (including phenoxy) is 1. The van der Waals surface area contributed by atoms with Crippen molar-refractivity contribution < 1.29 is 9.53 Å². The number of nitrogens with zero attached hydrogens (tertiary/aromatic N) is 4. The number of carbonyl (C=O) groups is 1. The van der Waals surface area contributed by atoms with Crippen LogP contribution in [0.25, 0.3) is 10.8 Å². The van der Waals surface area contributed by atoms with E-state index in [2.05, 4.69) is 15.1 Å². The smallest absolute Gasteiger partial charge is 0.410 e. The number of H-pyrrole nitrogens is 1. The van der Waals surface area contributed by atoms with Crippen LogP contribution in [0.2, 0.25) is 0 Å². The average molecular weight is 355 g/mol. The molecular weight excluding hydrogens is 334 g/mol. The molecule has 1 aromatic heterocycles. The van der Waals surface area contributed by atoms with Crippen LogP contribution in [-0.2, 0) is 4.74 Å². The fraction of sp³-hybridized carbons (Fsp3) is 0.444. The van der Waals surface area contributed by atoms with Crippen molar-refractivity contribution in [2.24, 2.45) is 0 Å². The summed E-state index contributed by atoms with van der Waals surface area (Å²) in [4.78, 5) is 27.8. The molecule has 1 aliphatic heterocycles. The van der Waals surface area contributed by atoms with Gasteiger partial charge in [-0.3, -0.25) is 4.79 Å². The van der Waals surface area contributed by atoms with E-state index in [1.54, 1.807) is 17.0 Å². The maximum atomic E-state index is 12.2. The topological polar surface area (TPSA) is 102 Å². The molecule has 1 N–H and O–H groups in total. The third-order valence-electron chi connectivity index (χ3n) is 4.17. The minimum atomic E-state index is -0.514. The molecule has 1 fully saturated rings. The Morgan fingerprint density at radius 3 is 2.54 bits per heavy atom. The normalized spacial score (nSPS) is 15.0. The number of rotatable bonds is 1. The lowest BCUT2D eigenvalue weighted by Crippen LogP contribution is -2.50. The van der Waals surface area contributed by atoms with Gasteiger partial charge in [0.25, 0.3) is 5.56 Å². The van der Waals surface area contributed by atoms with E-state index in [1.807, 2.05) is 32.9 Å². The maximum absolute atomic E-state index is 12.2. The Morgan fingerprint density at radius 2 is 1.92 bits per heavy atom. The standard InChI is InChI=1S/C18H21N5O3/c1-18(2,3)26-17(25)23-8-6-22(7-9-23)12-4-5-13-14(10-12)15(11-19)20-21-16(13)24/h4-5,10H,6-9H2,1-3H3,(H,21,24). The first kappa shape index (κ1) is 17.7. The molecule has 8 nitrogen and oxygen atoms in total. The number of aromatic amines is 1. The molecule has 1 aliphatic rings. The number of aromatic nitrogens is 2. The van der Waals surface area contributed by atoms with E-state index < -0.39 is 5.60 Å². The molecule has 0 bridgehead atoms. The van der Waals surface area contributed by atoms with Crippen LogP contribution in [0.3, 0.4) is 0 Å². The SMILES string of the molecule is CC(C)(C)OC(=O)N1CCN(c2ccc3c(=O)[nH]nc(C#N)c3c2)CC1. The molecule has 1 amide bonds. The van der Waals surface area contributed by atoms with Crippen molar-refractivity contribution >= 4 is 22.6 Å². The summed E-state index contributed by atoms with van der Waals surface area (Å²) >= 11 is 0. The summed E-state index contributed by atoms with van der Waals surface area (Å²) in [5.74, 6) is 0. The predicted octanol–water partition coefficient (Wildman–Crippen LogP) is 1.85. The highest BCUT2D eigenvalue weighted by molar-refractivity contribution is 5.88. The number of piperazine rings is 1. The van der Waals surface area contributed by atoms with E-state index in [1.165, 1.54) is 0 Å². The van der Waals surface area contributed by atoms with Crippen molar-refractivity contribution in [2.45, 2.75) is 26.4 Å². The molecule has 8 heteroatoms. The van der Waals surface area contributed by atoms with Gasteiger partial charge >= 0.3 is 6.09 Å². The summed E-state index contributed by atoms with van der Waals surface area (Å²) in [6.45, 7) is 7.92. The lowest BCUT2D eigenvalue weighted by atomic mass is 10.1. The van der Waals surface area contributed by atoms with Crippen molar-refractivity contribution in [1.82, 2.24) is 15.1 Å². The van der Waals surface area contributed by atoms with Gasteiger partial charge in [0.05, 0.1) is 5.39 Å². The summed E-state index contributed by atoms with van der Waals surface area (Å²) in [7, 11) is 0. The Labute approximate surface area is 151 Å². The van der Waals surface area contributed by atoms with Gasteiger partial charge in [-0.1, -0.05) is 0 Å². The van der Waals surface area contributed by atoms with Gasteiger partial charge < -0.3 is 14.5 Å². The van der Waals surface area contributed by atoms with E-state index in [0.29, 0.717) is 37.0 Å². The predicted molar refractivity (Wildman–Crippen MR) is 97.1 cm³/mol. The molecule has 26 heavy (non-hydrogen) atoms. The second kappa shape index (κ2) is 6.67. The van der Waals surface area contributed by atoms with E-state index in [9.17, 15) is 14.9 Å². The first-order valence-corrected chi connectivity index (χ1v) is 8.44. The molecule has 0 atom stereocenters. The highest BCUT2D eigenvalue weighted by atomic mass is 16.6. The Morgan fingerprint density at radius 1 is 1.23 bits per heavy atom. The number of nitriles is 1. The molecule has 0 spiro atoms. The molecule has 1 saturated heterocycles. The monoisotopic (exact) mass is 355 g/mol. The minimum absolute atomic E-state index is 0.189. The number of hydrogen-bond acceptors (Lipinski definition) is 6. The van der Waals surface area contributed by atoms with Crippen LogP contribution >= 0.6 is 0 Å². The number of anilines is 1. The Bertz CT molecular complexity index is 930. The molecule has 0 unspecified atom stereocenters. The van der Waals surface area contributed by atoms with Crippen molar-refractivity contribution in [2.75, 3.05) is 31.1 Å². The van der Waals surface area contributed by atoms with Crippen molar-refractivity contribution in [3.05, 3.63) is 34.2 Å². The zero-order valence-electron chi connectivity index (χ0n) is 15.1. The molecule has 2 aromatic rings. The largest absolute Gasteiger partial charge is 0.444 e. The number of hydrogen-bond donors (Lipinski definition) is 1. The number of benzene rings is 1. The Hall–Kier alpha value is -3.08. The van der Waals surface area contributed by atoms with Gasteiger partial charge in [-0.2, -0.15) is 10.4 Å². The first-order valence-electron chi connectivity index (χ1n) is 8.44. The van der Waals surface area contributed by atoms with Gasteiger partial charge in [0, 0.05) is 37.3 Å². The fourth-order valence-electron chi connectivity index (χ4n) is 2.91. The van der Waals surface area contributed by atoms with Crippen LogP contribution in [0.4, 0.5) is 10.5 Å². The summed E-state index contributed by atoms with van der Waals surface area (Å²) in [5, 5.41) is 16.3. The summed E-state index contributed by atoms with van der Waals surface area (Å²) in [5.41, 5.74) is 0.250. The quantitative estimate of drug-likeness (QED) is 0.837. The van der Waals surface area contributed by atoms with Gasteiger partial charge in [-0.25, -0.2) is 9.89 Å². The van der Waals surface area contributed by atoms with Crippen LogP contribution in [0.5, 0.6) is 0 Å². The van der Waals surface area contributed by atoms with E-state index >= 15 is 0 Å². The summed E-state index contributed by atoms with van der Waals surface area (Å²) < 4.78 is 5.41. The number of amides is 1. The molecule has 3 rings (SSSR count). The fourth-order valence-corrected chi connectivity index (χ4v) is 2.91. The summed E-state index contributed by atoms with van der Waals surface area (Å²) in [6.07, 6.45) is -0.307.